The average Bonchev–Trinajstić information content (AvgIpc) is 2.49. The van der Waals surface area contributed by atoms with Crippen molar-refractivity contribution in [2.75, 3.05) is 7.11 Å². The number of sulfonamides is 1. The summed E-state index contributed by atoms with van der Waals surface area (Å²) in [6, 6.07) is 10.9. The van der Waals surface area contributed by atoms with Crippen LogP contribution in [-0.4, -0.2) is 15.5 Å². The smallest absolute Gasteiger partial charge is 0.241 e. The Morgan fingerprint density at radius 1 is 1.00 bits per heavy atom. The first kappa shape index (κ1) is 17.5. The molecule has 2 rings (SSSR count). The topological polar surface area (TPSA) is 55.4 Å². The molecule has 2 aromatic carbocycles. The molecule has 1 atom stereocenters. The van der Waals surface area contributed by atoms with Crippen molar-refractivity contribution < 1.29 is 13.2 Å². The van der Waals surface area contributed by atoms with Gasteiger partial charge in [-0.2, -0.15) is 0 Å². The second-order valence-electron chi connectivity index (χ2n) is 5.84. The zero-order valence-electron chi connectivity index (χ0n) is 14.2. The second-order valence-corrected chi connectivity index (χ2v) is 7.52. The molecule has 4 nitrogen and oxygen atoms in total. The predicted octanol–water partition coefficient (Wildman–Crippen LogP) is 3.66. The van der Waals surface area contributed by atoms with Crippen LogP contribution in [0.3, 0.4) is 0 Å². The molecule has 5 heteroatoms. The van der Waals surface area contributed by atoms with Gasteiger partial charge in [-0.1, -0.05) is 29.8 Å². The lowest BCUT2D eigenvalue weighted by Gasteiger charge is -2.17. The van der Waals surface area contributed by atoms with Gasteiger partial charge in [-0.3, -0.25) is 0 Å². The molecule has 0 saturated carbocycles. The highest BCUT2D eigenvalue weighted by atomic mass is 32.2. The van der Waals surface area contributed by atoms with Crippen molar-refractivity contribution in [2.45, 2.75) is 38.6 Å². The molecule has 0 aliphatic heterocycles. The summed E-state index contributed by atoms with van der Waals surface area (Å²) in [7, 11) is -2.02. The van der Waals surface area contributed by atoms with Gasteiger partial charge in [0.15, 0.2) is 0 Å². The summed E-state index contributed by atoms with van der Waals surface area (Å²) in [6.07, 6.45) is 0. The van der Waals surface area contributed by atoms with Crippen molar-refractivity contribution >= 4 is 10.0 Å². The van der Waals surface area contributed by atoms with Gasteiger partial charge in [0.1, 0.15) is 5.75 Å². The van der Waals surface area contributed by atoms with E-state index in [1.54, 1.807) is 26.2 Å². The molecule has 0 saturated heterocycles. The van der Waals surface area contributed by atoms with Crippen molar-refractivity contribution in [3.8, 4) is 5.75 Å². The number of nitrogens with one attached hydrogen (secondary N) is 1. The molecule has 0 heterocycles. The van der Waals surface area contributed by atoms with E-state index in [4.69, 9.17) is 4.74 Å². The molecule has 0 unspecified atom stereocenters. The second kappa shape index (κ2) is 6.72. The highest BCUT2D eigenvalue weighted by Gasteiger charge is 2.21. The van der Waals surface area contributed by atoms with Gasteiger partial charge in [-0.25, -0.2) is 13.1 Å². The fraction of sp³-hybridized carbons (Fsp3) is 0.333. The van der Waals surface area contributed by atoms with Crippen LogP contribution in [-0.2, 0) is 10.0 Å². The van der Waals surface area contributed by atoms with E-state index >= 15 is 0 Å². The fourth-order valence-corrected chi connectivity index (χ4v) is 4.04. The predicted molar refractivity (Wildman–Crippen MR) is 92.4 cm³/mol. The first-order valence-corrected chi connectivity index (χ1v) is 8.97. The van der Waals surface area contributed by atoms with Crippen molar-refractivity contribution in [1.29, 1.82) is 0 Å². The number of benzene rings is 2. The standard InChI is InChI=1S/C18H23NO3S/c1-12-6-8-16(9-7-12)15(4)19-23(20,21)18-11-13(2)17(22-5)10-14(18)3/h6-11,15,19H,1-5H3/t15-/m0/s1. The van der Waals surface area contributed by atoms with Crippen LogP contribution in [0.2, 0.25) is 0 Å². The van der Waals surface area contributed by atoms with Gasteiger partial charge in [0, 0.05) is 6.04 Å². The SMILES string of the molecule is COc1cc(C)c(S(=O)(=O)N[C@@H](C)c2ccc(C)cc2)cc1C. The Bertz CT molecular complexity index is 796. The number of hydrogen-bond donors (Lipinski definition) is 1. The third kappa shape index (κ3) is 3.92. The lowest BCUT2D eigenvalue weighted by atomic mass is 10.1. The third-order valence-corrected chi connectivity index (χ3v) is 5.57. The van der Waals surface area contributed by atoms with E-state index in [0.717, 1.165) is 16.7 Å². The van der Waals surface area contributed by atoms with Crippen LogP contribution in [0.25, 0.3) is 0 Å². The van der Waals surface area contributed by atoms with Gasteiger partial charge < -0.3 is 4.74 Å². The van der Waals surface area contributed by atoms with E-state index < -0.39 is 10.0 Å². The van der Waals surface area contributed by atoms with Crippen LogP contribution in [0.4, 0.5) is 0 Å². The summed E-state index contributed by atoms with van der Waals surface area (Å²) in [6.45, 7) is 7.45. The maximum Gasteiger partial charge on any atom is 0.241 e. The van der Waals surface area contributed by atoms with E-state index in [0.29, 0.717) is 11.3 Å². The highest BCUT2D eigenvalue weighted by molar-refractivity contribution is 7.89. The lowest BCUT2D eigenvalue weighted by Crippen LogP contribution is -2.27. The molecule has 124 valence electrons. The Labute approximate surface area is 138 Å². The van der Waals surface area contributed by atoms with Crippen molar-refractivity contribution in [2.24, 2.45) is 0 Å². The first-order chi connectivity index (χ1) is 10.7. The summed E-state index contributed by atoms with van der Waals surface area (Å²) < 4.78 is 33.4. The molecule has 0 fully saturated rings. The molecule has 2 aromatic rings. The maximum atomic E-state index is 12.7. The summed E-state index contributed by atoms with van der Waals surface area (Å²) in [5.74, 6) is 0.688. The van der Waals surface area contributed by atoms with E-state index in [1.165, 1.54) is 0 Å². The average molecular weight is 333 g/mol. The third-order valence-electron chi connectivity index (χ3n) is 3.89. The molecule has 0 aliphatic rings. The largest absolute Gasteiger partial charge is 0.496 e. The van der Waals surface area contributed by atoms with Crippen LogP contribution in [0.15, 0.2) is 41.3 Å². The molecule has 0 bridgehead atoms. The van der Waals surface area contributed by atoms with Crippen molar-refractivity contribution in [3.63, 3.8) is 0 Å². The van der Waals surface area contributed by atoms with E-state index in [9.17, 15) is 8.42 Å². The van der Waals surface area contributed by atoms with E-state index in [2.05, 4.69) is 4.72 Å². The number of methoxy groups -OCH3 is 1. The van der Waals surface area contributed by atoms with Crippen LogP contribution in [0.5, 0.6) is 5.75 Å². The lowest BCUT2D eigenvalue weighted by molar-refractivity contribution is 0.411. The normalized spacial score (nSPS) is 12.9. The molecule has 23 heavy (non-hydrogen) atoms. The molecular formula is C18H23NO3S. The molecule has 0 radical (unpaired) electrons. The maximum absolute atomic E-state index is 12.7. The number of rotatable bonds is 5. The molecule has 1 N–H and O–H groups in total. The monoisotopic (exact) mass is 333 g/mol. The molecule has 0 aliphatic carbocycles. The summed E-state index contributed by atoms with van der Waals surface area (Å²) in [5, 5.41) is 0. The van der Waals surface area contributed by atoms with Crippen LogP contribution in [0.1, 0.15) is 35.2 Å². The van der Waals surface area contributed by atoms with Crippen LogP contribution < -0.4 is 9.46 Å². The Morgan fingerprint density at radius 2 is 1.61 bits per heavy atom. The van der Waals surface area contributed by atoms with Gasteiger partial charge in [-0.05, 0) is 56.5 Å². The van der Waals surface area contributed by atoms with Gasteiger partial charge in [-0.15, -0.1) is 0 Å². The number of aryl methyl sites for hydroxylation is 3. The number of ether oxygens (including phenoxy) is 1. The minimum absolute atomic E-state index is 0.287. The van der Waals surface area contributed by atoms with Crippen molar-refractivity contribution in [3.05, 3.63) is 58.7 Å². The van der Waals surface area contributed by atoms with Crippen LogP contribution in [0, 0.1) is 20.8 Å². The minimum Gasteiger partial charge on any atom is -0.496 e. The van der Waals surface area contributed by atoms with Gasteiger partial charge in [0.05, 0.1) is 12.0 Å². The highest BCUT2D eigenvalue weighted by Crippen LogP contribution is 2.26. The Hall–Kier alpha value is -1.85. The van der Waals surface area contributed by atoms with Gasteiger partial charge in [0.25, 0.3) is 0 Å². The quantitative estimate of drug-likeness (QED) is 0.908. The zero-order valence-corrected chi connectivity index (χ0v) is 15.0. The summed E-state index contributed by atoms with van der Waals surface area (Å²) >= 11 is 0. The van der Waals surface area contributed by atoms with Crippen LogP contribution >= 0.6 is 0 Å². The summed E-state index contributed by atoms with van der Waals surface area (Å²) in [4.78, 5) is 0.287. The Balaban J connectivity index is 2.32. The molecular weight excluding hydrogens is 310 g/mol. The first-order valence-electron chi connectivity index (χ1n) is 7.48. The molecule has 0 aromatic heterocycles. The minimum atomic E-state index is -3.60. The Morgan fingerprint density at radius 3 is 2.17 bits per heavy atom. The van der Waals surface area contributed by atoms with Crippen molar-refractivity contribution in [1.82, 2.24) is 4.72 Å². The molecule has 0 spiro atoms. The molecule has 0 amide bonds. The van der Waals surface area contributed by atoms with Gasteiger partial charge >= 0.3 is 0 Å². The number of hydrogen-bond acceptors (Lipinski definition) is 3. The fourth-order valence-electron chi connectivity index (χ4n) is 2.49. The van der Waals surface area contributed by atoms with E-state index in [1.807, 2.05) is 45.0 Å². The Kier molecular flexibility index (Phi) is 5.12. The summed E-state index contributed by atoms with van der Waals surface area (Å²) in [5.41, 5.74) is 3.53. The van der Waals surface area contributed by atoms with E-state index in [-0.39, 0.29) is 10.9 Å². The van der Waals surface area contributed by atoms with Gasteiger partial charge in [0.2, 0.25) is 10.0 Å². The zero-order chi connectivity index (χ0) is 17.2.